The molecule has 0 saturated heterocycles. The van der Waals surface area contributed by atoms with E-state index in [1.807, 2.05) is 120 Å². The summed E-state index contributed by atoms with van der Waals surface area (Å²) in [6, 6.07) is 16.0. The maximum absolute atomic E-state index is 13.0. The molecule has 0 atom stereocenters. The van der Waals surface area contributed by atoms with Crippen LogP contribution in [-0.2, 0) is 0 Å². The highest BCUT2D eigenvalue weighted by Gasteiger charge is 2.09. The Morgan fingerprint density at radius 1 is 0.429 bits per heavy atom. The van der Waals surface area contributed by atoms with Gasteiger partial charge in [0, 0.05) is 89.1 Å². The third-order valence-corrected chi connectivity index (χ3v) is 10.6. The minimum atomic E-state index is -2.03. The van der Waals surface area contributed by atoms with Crippen LogP contribution in [0.5, 0.6) is 0 Å². The monoisotopic (exact) mass is 1070 g/mol. The molecule has 0 aliphatic rings. The number of aromatic nitrogens is 7. The van der Waals surface area contributed by atoms with Gasteiger partial charge in [-0.05, 0) is 144 Å². The summed E-state index contributed by atoms with van der Waals surface area (Å²) in [5.74, 6) is 1.60. The third-order valence-electron chi connectivity index (χ3n) is 10.6. The van der Waals surface area contributed by atoms with E-state index in [9.17, 15) is 13.2 Å². The van der Waals surface area contributed by atoms with E-state index in [0.29, 0.717) is 45.8 Å². The Hall–Kier alpha value is -6.67. The van der Waals surface area contributed by atoms with Gasteiger partial charge in [0.05, 0.1) is 12.3 Å². The van der Waals surface area contributed by atoms with Crippen molar-refractivity contribution >= 4 is 5.69 Å². The van der Waals surface area contributed by atoms with Crippen LogP contribution in [0.3, 0.4) is 0 Å². The van der Waals surface area contributed by atoms with Crippen molar-refractivity contribution < 1.29 is 17.3 Å². The molecule has 0 aromatic carbocycles. The lowest BCUT2D eigenvalue weighted by molar-refractivity contribution is 0.557. The molecule has 77 heavy (non-hydrogen) atoms. The zero-order valence-electron chi connectivity index (χ0n) is 48.8. The molecule has 0 N–H and O–H groups in total. The molecule has 0 unspecified atom stereocenters. The predicted octanol–water partition coefficient (Wildman–Crippen LogP) is 20.8. The Bertz CT molecular complexity index is 2640. The quantitative estimate of drug-likeness (QED) is 0.116. The van der Waals surface area contributed by atoms with Gasteiger partial charge in [0.15, 0.2) is 0 Å². The zero-order chi connectivity index (χ0) is 57.0. The van der Waals surface area contributed by atoms with Crippen LogP contribution < -0.4 is 0 Å². The summed E-state index contributed by atoms with van der Waals surface area (Å²) in [6.45, 7) is 39.2. The lowest BCUT2D eigenvalue weighted by atomic mass is 10.0. The first-order chi connectivity index (χ1) is 35.1. The Morgan fingerprint density at radius 2 is 0.870 bits per heavy atom. The second kappa shape index (κ2) is 42.4. The molecule has 8 nitrogen and oxygen atoms in total. The fourth-order valence-electron chi connectivity index (χ4n) is 6.38. The summed E-state index contributed by atoms with van der Waals surface area (Å²) >= 11 is 0. The molecule has 11 heteroatoms. The lowest BCUT2D eigenvalue weighted by Gasteiger charge is -2.06. The number of pyridine rings is 7. The smallest absolute Gasteiger partial charge is 0.216 e. The molecule has 7 rings (SSSR count). The second-order valence-electron chi connectivity index (χ2n) is 19.3. The van der Waals surface area contributed by atoms with Crippen molar-refractivity contribution in [2.24, 2.45) is 0 Å². The molecule has 0 amide bonds. The van der Waals surface area contributed by atoms with E-state index in [4.69, 9.17) is 10.7 Å². The number of nitrogens with zero attached hydrogens (tertiary/aromatic N) is 8. The van der Waals surface area contributed by atoms with Gasteiger partial charge in [-0.1, -0.05) is 152 Å². The number of hydrogen-bond acceptors (Lipinski definition) is 7. The first-order valence-electron chi connectivity index (χ1n) is 26.0. The van der Waals surface area contributed by atoms with Gasteiger partial charge in [-0.25, -0.2) is 18.6 Å². The van der Waals surface area contributed by atoms with E-state index in [2.05, 4.69) is 86.5 Å². The molecule has 426 valence electrons. The van der Waals surface area contributed by atoms with Crippen LogP contribution in [0.15, 0.2) is 123 Å². The molecule has 7 aromatic heterocycles. The lowest BCUT2D eigenvalue weighted by Crippen LogP contribution is -1.97. The van der Waals surface area contributed by atoms with Gasteiger partial charge in [-0.2, -0.15) is 4.39 Å². The molecule has 0 saturated carbocycles. The van der Waals surface area contributed by atoms with E-state index in [1.165, 1.54) is 47.4 Å². The predicted molar refractivity (Wildman–Crippen MR) is 327 cm³/mol. The molecule has 0 spiro atoms. The normalized spacial score (nSPS) is 10.4. The first kappa shape index (κ1) is 72.4. The highest BCUT2D eigenvalue weighted by Crippen LogP contribution is 2.25. The van der Waals surface area contributed by atoms with Crippen LogP contribution in [0.2, 0.25) is 0 Å². The maximum Gasteiger partial charge on any atom is 0.216 e. The SMILES string of the molecule is C.C.C.C.C.CC(C)c1cccnc1.CC(C)c1cccnc1F.CC(C)c1cnccc1F.Cc1ccncc1C(C)C.Cc1cnc(C(C)C)c(F)c1.[2H]C([2H])([2H])c1ccncc1C(C)C.[C-]#[N+]c1cc(C)cnc1C(C)C. The van der Waals surface area contributed by atoms with Gasteiger partial charge in [0.2, 0.25) is 11.6 Å². The van der Waals surface area contributed by atoms with Crippen molar-refractivity contribution in [3.63, 3.8) is 0 Å². The van der Waals surface area contributed by atoms with Crippen LogP contribution >= 0.6 is 0 Å². The topological polar surface area (TPSA) is 94.6 Å². The average molecular weight is 1070 g/mol. The Balaban J connectivity index is -0.000000271. The summed E-state index contributed by atoms with van der Waals surface area (Å²) in [5, 5.41) is 0. The zero-order valence-corrected chi connectivity index (χ0v) is 45.8. The number of rotatable bonds is 7. The summed E-state index contributed by atoms with van der Waals surface area (Å²) in [7, 11) is 0. The maximum atomic E-state index is 13.0. The van der Waals surface area contributed by atoms with Crippen molar-refractivity contribution in [3.05, 3.63) is 213 Å². The van der Waals surface area contributed by atoms with Crippen LogP contribution in [0.25, 0.3) is 4.85 Å². The van der Waals surface area contributed by atoms with Gasteiger partial charge in [-0.3, -0.25) is 29.9 Å². The number of halogens is 3. The van der Waals surface area contributed by atoms with Gasteiger partial charge < -0.3 is 0 Å². The van der Waals surface area contributed by atoms with Crippen molar-refractivity contribution in [3.8, 4) is 0 Å². The largest absolute Gasteiger partial charge is 0.272 e. The van der Waals surface area contributed by atoms with Gasteiger partial charge >= 0.3 is 0 Å². The first-order valence-corrected chi connectivity index (χ1v) is 24.5. The van der Waals surface area contributed by atoms with Gasteiger partial charge in [-0.15, -0.1) is 0 Å². The number of hydrogen-bond donors (Lipinski definition) is 0. The summed E-state index contributed by atoms with van der Waals surface area (Å²) in [6.07, 6.45) is 18.6. The molecule has 7 heterocycles. The summed E-state index contributed by atoms with van der Waals surface area (Å²) < 4.78 is 60.5. The summed E-state index contributed by atoms with van der Waals surface area (Å²) in [5.41, 5.74) is 10.6. The van der Waals surface area contributed by atoms with Crippen LogP contribution in [0, 0.1) is 51.8 Å². The minimum Gasteiger partial charge on any atom is -0.272 e. The fourth-order valence-corrected chi connectivity index (χ4v) is 6.38. The van der Waals surface area contributed by atoms with Crippen LogP contribution in [0.4, 0.5) is 18.9 Å². The van der Waals surface area contributed by atoms with Crippen molar-refractivity contribution in [1.82, 2.24) is 34.9 Å². The van der Waals surface area contributed by atoms with E-state index in [1.54, 1.807) is 43.0 Å². The molecule has 0 aliphatic heterocycles. The minimum absolute atomic E-state index is 0. The average Bonchev–Trinajstić information content (AvgIpc) is 3.35. The molecule has 0 fully saturated rings. The third kappa shape index (κ3) is 30.6. The Morgan fingerprint density at radius 3 is 1.22 bits per heavy atom. The molecule has 0 radical (unpaired) electrons. The van der Waals surface area contributed by atoms with E-state index < -0.39 is 6.85 Å². The highest BCUT2D eigenvalue weighted by molar-refractivity contribution is 5.51. The standard InChI is InChI=1S/C10H12N2.C9H12FN.2C9H13N.2C8H10FN.C8H11N.5CH4/c1-7(2)10-9(11-4)5-8(3)6-12-10;1-6(2)9-8(10)4-7(3)5-11-9;2*1-7(2)9-6-10-5-4-8(9)3;1-6(2)7-5-10-4-3-8(7)9;1-6(2)7-4-3-5-10-8(7)9;1-7(2)8-4-3-5-9-6-8;;;;;/h5-7H,1-3H3;4-6H,1-3H3;2*4-7H,1-3H3;2*3-6H,1-2H3;3-7H,1-2H3;5*1H4/i;;3D3;;;;;;;;;. The van der Waals surface area contributed by atoms with Crippen molar-refractivity contribution in [2.45, 2.75) is 203 Å². The number of aryl methyl sites for hydroxylation is 4. The highest BCUT2D eigenvalue weighted by atomic mass is 19.1. The van der Waals surface area contributed by atoms with Gasteiger partial charge in [0.25, 0.3) is 0 Å². The Labute approximate surface area is 472 Å². The van der Waals surface area contributed by atoms with E-state index in [0.717, 1.165) is 22.4 Å². The van der Waals surface area contributed by atoms with E-state index >= 15 is 0 Å². The molecule has 0 aliphatic carbocycles. The molecular weight excluding hydrogens is 962 g/mol. The van der Waals surface area contributed by atoms with E-state index in [-0.39, 0.29) is 78.4 Å². The van der Waals surface area contributed by atoms with Gasteiger partial charge in [0.1, 0.15) is 11.6 Å². The summed E-state index contributed by atoms with van der Waals surface area (Å²) in [4.78, 5) is 31.0. The molecule has 7 aromatic rings. The Kier molecular flexibility index (Phi) is 39.9. The molecular formula is C66H101F3N8. The fraction of sp³-hybridized carbons (Fsp3) is 0.455. The van der Waals surface area contributed by atoms with Crippen LogP contribution in [0.1, 0.15) is 241 Å². The molecule has 0 bridgehead atoms. The van der Waals surface area contributed by atoms with Crippen LogP contribution in [-0.4, -0.2) is 34.9 Å². The second-order valence-corrected chi connectivity index (χ2v) is 19.3. The van der Waals surface area contributed by atoms with Crippen molar-refractivity contribution in [2.75, 3.05) is 0 Å². The van der Waals surface area contributed by atoms with Crippen molar-refractivity contribution in [1.29, 1.82) is 0 Å².